The Morgan fingerprint density at radius 1 is 0.941 bits per heavy atom. The molecule has 0 amide bonds. The number of hydrogen-bond donors (Lipinski definition) is 1. The highest BCUT2D eigenvalue weighted by molar-refractivity contribution is 6.43. The van der Waals surface area contributed by atoms with Crippen molar-refractivity contribution in [3.05, 3.63) is 38.8 Å². The second kappa shape index (κ2) is 4.86. The molecule has 0 bridgehead atoms. The first-order chi connectivity index (χ1) is 8.00. The van der Waals surface area contributed by atoms with E-state index in [2.05, 4.69) is 9.97 Å². The lowest BCUT2D eigenvalue weighted by Gasteiger charge is -2.08. The minimum atomic E-state index is -0.111. The van der Waals surface area contributed by atoms with E-state index in [0.717, 1.165) is 0 Å². The van der Waals surface area contributed by atoms with E-state index in [0.29, 0.717) is 11.1 Å². The fourth-order valence-corrected chi connectivity index (χ4v) is 1.95. The number of aromatic nitrogens is 2. The standard InChI is InChI=1S/C10H4Cl4N2O/c11-5-1-4(2-15-9(5)13)7-6(17)3-16-10(14)8(7)12/h1-3,17H. The van der Waals surface area contributed by atoms with Crippen LogP contribution >= 0.6 is 46.4 Å². The first-order valence-electron chi connectivity index (χ1n) is 4.35. The molecule has 2 aromatic rings. The molecule has 0 saturated heterocycles. The Bertz CT molecular complexity index is 589. The van der Waals surface area contributed by atoms with Crippen molar-refractivity contribution in [2.24, 2.45) is 0 Å². The molecule has 0 spiro atoms. The average Bonchev–Trinajstić information content (AvgIpc) is 2.29. The van der Waals surface area contributed by atoms with Gasteiger partial charge in [0.25, 0.3) is 0 Å². The summed E-state index contributed by atoms with van der Waals surface area (Å²) in [5.41, 5.74) is 0.823. The Balaban J connectivity index is 2.68. The number of nitrogens with zero attached hydrogens (tertiary/aromatic N) is 2. The highest BCUT2D eigenvalue weighted by Crippen LogP contribution is 2.39. The highest BCUT2D eigenvalue weighted by atomic mass is 35.5. The smallest absolute Gasteiger partial charge is 0.148 e. The molecule has 2 rings (SSSR count). The van der Waals surface area contributed by atoms with Gasteiger partial charge in [0.05, 0.1) is 16.2 Å². The number of aromatic hydroxyl groups is 1. The Morgan fingerprint density at radius 3 is 2.24 bits per heavy atom. The monoisotopic (exact) mass is 308 g/mol. The number of rotatable bonds is 1. The molecule has 88 valence electrons. The predicted octanol–water partition coefficient (Wildman–Crippen LogP) is 4.46. The van der Waals surface area contributed by atoms with E-state index in [4.69, 9.17) is 46.4 Å². The zero-order valence-corrected chi connectivity index (χ0v) is 11.1. The summed E-state index contributed by atoms with van der Waals surface area (Å²) in [5.74, 6) is -0.111. The van der Waals surface area contributed by atoms with Crippen molar-refractivity contribution in [1.82, 2.24) is 9.97 Å². The van der Waals surface area contributed by atoms with Crippen LogP contribution in [0.4, 0.5) is 0 Å². The van der Waals surface area contributed by atoms with Gasteiger partial charge >= 0.3 is 0 Å². The van der Waals surface area contributed by atoms with Crippen molar-refractivity contribution in [2.45, 2.75) is 0 Å². The summed E-state index contributed by atoms with van der Waals surface area (Å²) in [7, 11) is 0. The summed E-state index contributed by atoms with van der Waals surface area (Å²) in [5, 5.41) is 10.4. The predicted molar refractivity (Wildman–Crippen MR) is 69.2 cm³/mol. The summed E-state index contributed by atoms with van der Waals surface area (Å²) in [6.45, 7) is 0. The summed E-state index contributed by atoms with van der Waals surface area (Å²) in [6, 6.07) is 1.54. The van der Waals surface area contributed by atoms with Crippen LogP contribution in [0.5, 0.6) is 5.75 Å². The fraction of sp³-hybridized carbons (Fsp3) is 0. The van der Waals surface area contributed by atoms with Gasteiger partial charge in [0.1, 0.15) is 16.1 Å². The number of halogens is 4. The van der Waals surface area contributed by atoms with Gasteiger partial charge in [0.15, 0.2) is 0 Å². The van der Waals surface area contributed by atoms with Gasteiger partial charge in [-0.2, -0.15) is 0 Å². The topological polar surface area (TPSA) is 46.0 Å². The molecular weight excluding hydrogens is 306 g/mol. The molecular formula is C10H4Cl4N2O. The average molecular weight is 310 g/mol. The Kier molecular flexibility index (Phi) is 3.64. The van der Waals surface area contributed by atoms with Gasteiger partial charge in [-0.05, 0) is 6.07 Å². The van der Waals surface area contributed by atoms with Crippen LogP contribution in [-0.2, 0) is 0 Å². The van der Waals surface area contributed by atoms with Crippen molar-refractivity contribution >= 4 is 46.4 Å². The van der Waals surface area contributed by atoms with Gasteiger partial charge in [0.2, 0.25) is 0 Å². The Morgan fingerprint density at radius 2 is 1.59 bits per heavy atom. The first kappa shape index (κ1) is 12.7. The third-order valence-corrected chi connectivity index (χ3v) is 3.48. The van der Waals surface area contributed by atoms with E-state index in [1.54, 1.807) is 0 Å². The Hall–Kier alpha value is -0.740. The zero-order valence-electron chi connectivity index (χ0n) is 8.09. The van der Waals surface area contributed by atoms with E-state index >= 15 is 0 Å². The lowest BCUT2D eigenvalue weighted by molar-refractivity contribution is 0.475. The van der Waals surface area contributed by atoms with Crippen LogP contribution < -0.4 is 0 Å². The van der Waals surface area contributed by atoms with Crippen LogP contribution in [0.2, 0.25) is 20.4 Å². The molecule has 7 heteroatoms. The van der Waals surface area contributed by atoms with Crippen LogP contribution in [0.15, 0.2) is 18.5 Å². The van der Waals surface area contributed by atoms with Gasteiger partial charge < -0.3 is 5.11 Å². The van der Waals surface area contributed by atoms with Crippen molar-refractivity contribution < 1.29 is 5.11 Å². The van der Waals surface area contributed by atoms with Crippen LogP contribution in [0.25, 0.3) is 11.1 Å². The maximum atomic E-state index is 9.72. The minimum absolute atomic E-state index is 0.0885. The summed E-state index contributed by atoms with van der Waals surface area (Å²) < 4.78 is 0. The molecule has 2 aromatic heterocycles. The normalized spacial score (nSPS) is 10.6. The highest BCUT2D eigenvalue weighted by Gasteiger charge is 2.15. The maximum absolute atomic E-state index is 9.72. The van der Waals surface area contributed by atoms with Crippen LogP contribution in [-0.4, -0.2) is 15.1 Å². The lowest BCUT2D eigenvalue weighted by atomic mass is 10.1. The van der Waals surface area contributed by atoms with E-state index in [1.807, 2.05) is 0 Å². The van der Waals surface area contributed by atoms with Crippen molar-refractivity contribution in [2.75, 3.05) is 0 Å². The van der Waals surface area contributed by atoms with Gasteiger partial charge in [-0.15, -0.1) is 0 Å². The SMILES string of the molecule is Oc1cnc(Cl)c(Cl)c1-c1cnc(Cl)c(Cl)c1. The zero-order chi connectivity index (χ0) is 12.6. The lowest BCUT2D eigenvalue weighted by Crippen LogP contribution is -1.87. The number of hydrogen-bond acceptors (Lipinski definition) is 3. The van der Waals surface area contributed by atoms with Gasteiger partial charge in [-0.25, -0.2) is 9.97 Å². The molecule has 0 aromatic carbocycles. The maximum Gasteiger partial charge on any atom is 0.148 e. The largest absolute Gasteiger partial charge is 0.506 e. The molecule has 1 N–H and O–H groups in total. The van der Waals surface area contributed by atoms with Crippen molar-refractivity contribution in [1.29, 1.82) is 0 Å². The van der Waals surface area contributed by atoms with Crippen molar-refractivity contribution in [3.63, 3.8) is 0 Å². The van der Waals surface area contributed by atoms with Gasteiger partial charge in [0, 0.05) is 17.3 Å². The quantitative estimate of drug-likeness (QED) is 0.791. The van der Waals surface area contributed by atoms with E-state index in [-0.39, 0.29) is 26.1 Å². The second-order valence-electron chi connectivity index (χ2n) is 3.12. The fourth-order valence-electron chi connectivity index (χ4n) is 1.29. The van der Waals surface area contributed by atoms with Gasteiger partial charge in [-0.1, -0.05) is 46.4 Å². The van der Waals surface area contributed by atoms with E-state index < -0.39 is 0 Å². The summed E-state index contributed by atoms with van der Waals surface area (Å²) in [6.07, 6.45) is 2.64. The molecule has 0 radical (unpaired) electrons. The molecule has 0 unspecified atom stereocenters. The first-order valence-corrected chi connectivity index (χ1v) is 5.86. The Labute approximate surface area is 117 Å². The van der Waals surface area contributed by atoms with Crippen LogP contribution in [0, 0.1) is 0 Å². The van der Waals surface area contributed by atoms with E-state index in [9.17, 15) is 5.11 Å². The molecule has 0 fully saturated rings. The van der Waals surface area contributed by atoms with Crippen LogP contribution in [0.3, 0.4) is 0 Å². The van der Waals surface area contributed by atoms with Crippen molar-refractivity contribution in [3.8, 4) is 16.9 Å². The second-order valence-corrected chi connectivity index (χ2v) is 4.62. The third-order valence-electron chi connectivity index (χ3n) is 2.04. The molecule has 0 aliphatic carbocycles. The third kappa shape index (κ3) is 2.43. The van der Waals surface area contributed by atoms with Gasteiger partial charge in [-0.3, -0.25) is 0 Å². The summed E-state index contributed by atoms with van der Waals surface area (Å²) >= 11 is 23.3. The molecule has 0 aliphatic heterocycles. The molecule has 3 nitrogen and oxygen atoms in total. The van der Waals surface area contributed by atoms with E-state index in [1.165, 1.54) is 18.5 Å². The molecule has 0 aliphatic rings. The molecule has 0 atom stereocenters. The molecule has 2 heterocycles. The molecule has 17 heavy (non-hydrogen) atoms. The van der Waals surface area contributed by atoms with Crippen LogP contribution in [0.1, 0.15) is 0 Å². The molecule has 0 saturated carbocycles. The summed E-state index contributed by atoms with van der Waals surface area (Å²) in [4.78, 5) is 7.58. The number of pyridine rings is 2. The minimum Gasteiger partial charge on any atom is -0.506 e.